The first kappa shape index (κ1) is 21.7. The summed E-state index contributed by atoms with van der Waals surface area (Å²) in [6.45, 7) is 4.07. The van der Waals surface area contributed by atoms with Crippen LogP contribution in [0.3, 0.4) is 0 Å². The van der Waals surface area contributed by atoms with E-state index in [1.54, 1.807) is 35.9 Å². The summed E-state index contributed by atoms with van der Waals surface area (Å²) in [5.74, 6) is -0.432. The lowest BCUT2D eigenvalue weighted by molar-refractivity contribution is -0.384. The van der Waals surface area contributed by atoms with E-state index in [0.717, 1.165) is 22.0 Å². The van der Waals surface area contributed by atoms with Crippen LogP contribution in [0.15, 0.2) is 59.4 Å². The van der Waals surface area contributed by atoms with Gasteiger partial charge in [-0.1, -0.05) is 6.07 Å². The summed E-state index contributed by atoms with van der Waals surface area (Å²) in [6.07, 6.45) is 2.43. The zero-order chi connectivity index (χ0) is 22.9. The van der Waals surface area contributed by atoms with Gasteiger partial charge in [-0.3, -0.25) is 19.6 Å². The average molecular weight is 451 g/mol. The van der Waals surface area contributed by atoms with Gasteiger partial charge in [-0.05, 0) is 60.9 Å². The van der Waals surface area contributed by atoms with Crippen molar-refractivity contribution < 1.29 is 14.8 Å². The number of fused-ring (bicyclic) bond motifs is 1. The average Bonchev–Trinajstić information content (AvgIpc) is 3.40. The molecule has 0 aliphatic heterocycles. The van der Waals surface area contributed by atoms with Crippen LogP contribution in [0.25, 0.3) is 22.0 Å². The van der Waals surface area contributed by atoms with E-state index < -0.39 is 16.4 Å². The van der Waals surface area contributed by atoms with Crippen LogP contribution in [-0.2, 0) is 6.54 Å². The lowest BCUT2D eigenvalue weighted by Gasteiger charge is -2.16. The van der Waals surface area contributed by atoms with Crippen molar-refractivity contribution in [1.29, 1.82) is 0 Å². The monoisotopic (exact) mass is 450 g/mol. The third-order valence-electron chi connectivity index (χ3n) is 5.04. The summed E-state index contributed by atoms with van der Waals surface area (Å²) in [5.41, 5.74) is 2.39. The molecule has 0 fully saturated rings. The Morgan fingerprint density at radius 1 is 1.28 bits per heavy atom. The van der Waals surface area contributed by atoms with Gasteiger partial charge in [-0.2, -0.15) is 16.4 Å². The number of nitro benzene ring substituents is 1. The van der Waals surface area contributed by atoms with Crippen molar-refractivity contribution in [1.82, 2.24) is 9.78 Å². The highest BCUT2D eigenvalue weighted by Gasteiger charge is 2.17. The number of aromatic nitrogens is 2. The normalized spacial score (nSPS) is 11.6. The number of nitrogens with zero attached hydrogens (tertiary/aromatic N) is 3. The van der Waals surface area contributed by atoms with E-state index in [1.165, 1.54) is 18.2 Å². The number of carbonyl (C=O) groups is 1. The zero-order valence-corrected chi connectivity index (χ0v) is 18.4. The molecule has 4 rings (SSSR count). The molecule has 0 saturated carbocycles. The lowest BCUT2D eigenvalue weighted by atomic mass is 10.0. The number of nitrogens with one attached hydrogen (secondary N) is 1. The Balaban J connectivity index is 1.70. The molecule has 0 saturated heterocycles. The van der Waals surface area contributed by atoms with Crippen molar-refractivity contribution in [2.75, 3.05) is 5.32 Å². The molecule has 4 aromatic rings. The number of hydrogen-bond acceptors (Lipinski definition) is 6. The van der Waals surface area contributed by atoms with Crippen LogP contribution in [0.5, 0.6) is 0 Å². The van der Waals surface area contributed by atoms with Gasteiger partial charge >= 0.3 is 0 Å². The van der Waals surface area contributed by atoms with E-state index in [-0.39, 0.29) is 11.3 Å². The van der Waals surface area contributed by atoms with E-state index in [0.29, 0.717) is 18.7 Å². The maximum Gasteiger partial charge on any atom is 0.270 e. The van der Waals surface area contributed by atoms with E-state index in [1.807, 2.05) is 35.2 Å². The molecule has 2 heterocycles. The number of aryl methyl sites for hydroxylation is 1. The van der Waals surface area contributed by atoms with Gasteiger partial charge in [-0.15, -0.1) is 0 Å². The van der Waals surface area contributed by atoms with Crippen LogP contribution >= 0.6 is 11.3 Å². The SMILES string of the molecule is CC(C)(O)CCn1cc2cc(NC(=O)c3cccc([N+](=O)[O-])c3)c(-c3ccsc3)cc2n1. The molecule has 2 N–H and O–H groups in total. The highest BCUT2D eigenvalue weighted by molar-refractivity contribution is 7.08. The molecule has 164 valence electrons. The van der Waals surface area contributed by atoms with Crippen molar-refractivity contribution in [2.24, 2.45) is 0 Å². The Labute approximate surface area is 188 Å². The van der Waals surface area contributed by atoms with Gasteiger partial charge in [0.05, 0.1) is 16.0 Å². The molecule has 9 heteroatoms. The predicted octanol–water partition coefficient (Wildman–Crippen LogP) is 5.09. The molecular weight excluding hydrogens is 428 g/mol. The maximum absolute atomic E-state index is 12.9. The minimum atomic E-state index is -0.794. The number of carbonyl (C=O) groups excluding carboxylic acids is 1. The van der Waals surface area contributed by atoms with Crippen molar-refractivity contribution >= 4 is 39.5 Å². The van der Waals surface area contributed by atoms with Crippen molar-refractivity contribution in [3.8, 4) is 11.1 Å². The molecule has 0 unspecified atom stereocenters. The Morgan fingerprint density at radius 2 is 2.09 bits per heavy atom. The van der Waals surface area contributed by atoms with E-state index in [2.05, 4.69) is 10.4 Å². The fraction of sp³-hybridized carbons (Fsp3) is 0.217. The molecule has 0 atom stereocenters. The molecule has 0 aliphatic rings. The molecule has 0 aliphatic carbocycles. The molecule has 8 nitrogen and oxygen atoms in total. The minimum Gasteiger partial charge on any atom is -0.390 e. The van der Waals surface area contributed by atoms with Crippen LogP contribution in [0, 0.1) is 10.1 Å². The van der Waals surface area contributed by atoms with E-state index >= 15 is 0 Å². The predicted molar refractivity (Wildman–Crippen MR) is 125 cm³/mol. The van der Waals surface area contributed by atoms with E-state index in [4.69, 9.17) is 0 Å². The second kappa shape index (κ2) is 8.52. The van der Waals surface area contributed by atoms with Gasteiger partial charge < -0.3 is 10.4 Å². The number of benzene rings is 2. The van der Waals surface area contributed by atoms with Crippen LogP contribution in [-0.4, -0.2) is 31.3 Å². The Bertz CT molecular complexity index is 1290. The fourth-order valence-electron chi connectivity index (χ4n) is 3.34. The zero-order valence-electron chi connectivity index (χ0n) is 17.6. The second-order valence-corrected chi connectivity index (χ2v) is 8.96. The third kappa shape index (κ3) is 4.84. The molecule has 0 bridgehead atoms. The summed E-state index contributed by atoms with van der Waals surface area (Å²) < 4.78 is 1.78. The number of non-ortho nitro benzene ring substituents is 1. The summed E-state index contributed by atoms with van der Waals surface area (Å²) >= 11 is 1.54. The summed E-state index contributed by atoms with van der Waals surface area (Å²) in [5, 5.41) is 33.4. The first-order valence-electron chi connectivity index (χ1n) is 10.0. The highest BCUT2D eigenvalue weighted by atomic mass is 32.1. The molecule has 1 amide bonds. The van der Waals surface area contributed by atoms with Gasteiger partial charge in [0.1, 0.15) is 0 Å². The Hall–Kier alpha value is -3.56. The Morgan fingerprint density at radius 3 is 2.78 bits per heavy atom. The third-order valence-corrected chi connectivity index (χ3v) is 5.73. The molecule has 2 aromatic carbocycles. The van der Waals surface area contributed by atoms with Crippen LogP contribution in [0.4, 0.5) is 11.4 Å². The number of rotatable bonds is 7. The molecular formula is C23H22N4O4S. The van der Waals surface area contributed by atoms with Gasteiger partial charge in [0.25, 0.3) is 11.6 Å². The number of aliphatic hydroxyl groups is 1. The molecule has 0 spiro atoms. The standard InChI is InChI=1S/C23H22N4O4S/c1-23(2,29)7-8-26-13-17-11-21(19(12-20(17)25-26)16-6-9-32-14-16)24-22(28)15-4-3-5-18(10-15)27(30)31/h3-6,9-14,29H,7-8H2,1-2H3,(H,24,28). The van der Waals surface area contributed by atoms with Crippen molar-refractivity contribution in [3.05, 3.63) is 75.1 Å². The van der Waals surface area contributed by atoms with Gasteiger partial charge in [0, 0.05) is 47.1 Å². The van der Waals surface area contributed by atoms with Crippen LogP contribution < -0.4 is 5.32 Å². The number of anilines is 1. The fourth-order valence-corrected chi connectivity index (χ4v) is 4.00. The molecule has 2 aromatic heterocycles. The topological polar surface area (TPSA) is 110 Å². The van der Waals surface area contributed by atoms with Crippen molar-refractivity contribution in [2.45, 2.75) is 32.4 Å². The number of nitro groups is 1. The van der Waals surface area contributed by atoms with Gasteiger partial charge in [0.15, 0.2) is 0 Å². The van der Waals surface area contributed by atoms with E-state index in [9.17, 15) is 20.0 Å². The molecule has 32 heavy (non-hydrogen) atoms. The smallest absolute Gasteiger partial charge is 0.270 e. The summed E-state index contributed by atoms with van der Waals surface area (Å²) in [7, 11) is 0. The Kier molecular flexibility index (Phi) is 5.77. The number of thiophene rings is 1. The lowest BCUT2D eigenvalue weighted by Crippen LogP contribution is -2.21. The highest BCUT2D eigenvalue weighted by Crippen LogP contribution is 2.34. The molecule has 0 radical (unpaired) electrons. The summed E-state index contributed by atoms with van der Waals surface area (Å²) in [4.78, 5) is 23.4. The first-order valence-corrected chi connectivity index (χ1v) is 11.0. The van der Waals surface area contributed by atoms with Crippen molar-refractivity contribution in [3.63, 3.8) is 0 Å². The largest absolute Gasteiger partial charge is 0.390 e. The number of hydrogen-bond donors (Lipinski definition) is 2. The maximum atomic E-state index is 12.9. The van der Waals surface area contributed by atoms with Gasteiger partial charge in [-0.25, -0.2) is 0 Å². The van der Waals surface area contributed by atoms with Crippen LogP contribution in [0.1, 0.15) is 30.6 Å². The van der Waals surface area contributed by atoms with Gasteiger partial charge in [0.2, 0.25) is 0 Å². The second-order valence-electron chi connectivity index (χ2n) is 8.18. The minimum absolute atomic E-state index is 0.140. The summed E-state index contributed by atoms with van der Waals surface area (Å²) in [6, 6.07) is 11.4. The van der Waals surface area contributed by atoms with Crippen LogP contribution in [0.2, 0.25) is 0 Å². The first-order chi connectivity index (χ1) is 15.2. The number of amides is 1. The quantitative estimate of drug-likeness (QED) is 0.301.